The van der Waals surface area contributed by atoms with E-state index < -0.39 is 0 Å². The molecule has 22 heavy (non-hydrogen) atoms. The van der Waals surface area contributed by atoms with Crippen LogP contribution in [0.2, 0.25) is 0 Å². The van der Waals surface area contributed by atoms with Crippen LogP contribution in [0.3, 0.4) is 0 Å². The molecule has 1 aliphatic heterocycles. The van der Waals surface area contributed by atoms with Gasteiger partial charge in [0, 0.05) is 31.0 Å². The summed E-state index contributed by atoms with van der Waals surface area (Å²) < 4.78 is 0. The Morgan fingerprint density at radius 2 is 1.64 bits per heavy atom. The van der Waals surface area contributed by atoms with Gasteiger partial charge >= 0.3 is 0 Å². The van der Waals surface area contributed by atoms with Crippen LogP contribution in [0.25, 0.3) is 0 Å². The zero-order chi connectivity index (χ0) is 15.4. The van der Waals surface area contributed by atoms with Gasteiger partial charge in [-0.2, -0.15) is 0 Å². The van der Waals surface area contributed by atoms with Crippen LogP contribution in [0.4, 0.5) is 0 Å². The quantitative estimate of drug-likeness (QED) is 0.909. The van der Waals surface area contributed by atoms with E-state index in [1.165, 1.54) is 5.56 Å². The molecule has 3 rings (SSSR count). The fraction of sp³-hybridized carbons (Fsp3) is 0.611. The molecule has 0 radical (unpaired) electrons. The van der Waals surface area contributed by atoms with Gasteiger partial charge in [-0.15, -0.1) is 12.4 Å². The fourth-order valence-corrected chi connectivity index (χ4v) is 4.06. The SMILES string of the molecule is CC1(C)C(C(=O)N2C[C@@H](N)[C@H](c3ccccc3)C2)C1(C)C.Cl. The molecule has 0 unspecified atom stereocenters. The minimum absolute atomic E-state index is 0. The fourth-order valence-electron chi connectivity index (χ4n) is 4.06. The van der Waals surface area contributed by atoms with Gasteiger partial charge in [-0.1, -0.05) is 58.0 Å². The van der Waals surface area contributed by atoms with E-state index in [9.17, 15) is 4.79 Å². The van der Waals surface area contributed by atoms with Gasteiger partial charge in [0.1, 0.15) is 0 Å². The minimum atomic E-state index is 0. The molecule has 2 N–H and O–H groups in total. The largest absolute Gasteiger partial charge is 0.340 e. The number of rotatable bonds is 2. The van der Waals surface area contributed by atoms with Crippen molar-refractivity contribution in [2.75, 3.05) is 13.1 Å². The van der Waals surface area contributed by atoms with Gasteiger partial charge in [0.2, 0.25) is 5.91 Å². The molecule has 2 aliphatic rings. The van der Waals surface area contributed by atoms with Gasteiger partial charge in [0.25, 0.3) is 0 Å². The standard InChI is InChI=1S/C18H26N2O.ClH/c1-17(2)15(18(17,3)4)16(21)20-10-13(14(19)11-20)12-8-6-5-7-9-12;/h5-9,13-15H,10-11,19H2,1-4H3;1H/t13-,14+;/m0./s1. The summed E-state index contributed by atoms with van der Waals surface area (Å²) >= 11 is 0. The van der Waals surface area contributed by atoms with Crippen LogP contribution in [0.15, 0.2) is 30.3 Å². The summed E-state index contributed by atoms with van der Waals surface area (Å²) in [5.41, 5.74) is 7.74. The van der Waals surface area contributed by atoms with E-state index in [1.54, 1.807) is 0 Å². The average molecular weight is 323 g/mol. The van der Waals surface area contributed by atoms with Crippen molar-refractivity contribution < 1.29 is 4.79 Å². The lowest BCUT2D eigenvalue weighted by Crippen LogP contribution is -2.34. The number of likely N-dealkylation sites (tertiary alicyclic amines) is 1. The van der Waals surface area contributed by atoms with Crippen molar-refractivity contribution in [3.8, 4) is 0 Å². The number of hydrogen-bond acceptors (Lipinski definition) is 2. The highest BCUT2D eigenvalue weighted by molar-refractivity contribution is 5.85. The third-order valence-corrected chi connectivity index (χ3v) is 6.17. The number of benzene rings is 1. The summed E-state index contributed by atoms with van der Waals surface area (Å²) in [6, 6.07) is 10.4. The predicted molar refractivity (Wildman–Crippen MR) is 92.0 cm³/mol. The van der Waals surface area contributed by atoms with Gasteiger partial charge in [0.15, 0.2) is 0 Å². The molecule has 122 valence electrons. The van der Waals surface area contributed by atoms with Crippen LogP contribution in [0.5, 0.6) is 0 Å². The monoisotopic (exact) mass is 322 g/mol. The smallest absolute Gasteiger partial charge is 0.226 e. The van der Waals surface area contributed by atoms with Crippen molar-refractivity contribution >= 4 is 18.3 Å². The Bertz CT molecular complexity index is 541. The van der Waals surface area contributed by atoms with E-state index in [1.807, 2.05) is 23.1 Å². The van der Waals surface area contributed by atoms with Gasteiger partial charge in [-0.05, 0) is 16.4 Å². The maximum Gasteiger partial charge on any atom is 0.226 e. The number of hydrogen-bond donors (Lipinski definition) is 1. The zero-order valence-electron chi connectivity index (χ0n) is 13.9. The Morgan fingerprint density at radius 3 is 2.14 bits per heavy atom. The zero-order valence-corrected chi connectivity index (χ0v) is 14.7. The Hall–Kier alpha value is -1.06. The van der Waals surface area contributed by atoms with E-state index in [0.717, 1.165) is 6.54 Å². The van der Waals surface area contributed by atoms with Crippen molar-refractivity contribution in [3.63, 3.8) is 0 Å². The molecule has 0 spiro atoms. The molecule has 2 fully saturated rings. The van der Waals surface area contributed by atoms with Crippen molar-refractivity contribution in [1.82, 2.24) is 4.90 Å². The second kappa shape index (κ2) is 5.54. The minimum Gasteiger partial charge on any atom is -0.340 e. The molecule has 1 amide bonds. The van der Waals surface area contributed by atoms with Crippen molar-refractivity contribution in [1.29, 1.82) is 0 Å². The molecule has 2 atom stereocenters. The first-order chi connectivity index (χ1) is 9.76. The number of nitrogens with two attached hydrogens (primary N) is 1. The van der Waals surface area contributed by atoms with Crippen LogP contribution in [-0.4, -0.2) is 29.9 Å². The number of halogens is 1. The van der Waals surface area contributed by atoms with Crippen LogP contribution in [0, 0.1) is 16.7 Å². The van der Waals surface area contributed by atoms with E-state index in [0.29, 0.717) is 12.5 Å². The van der Waals surface area contributed by atoms with E-state index in [-0.39, 0.29) is 41.1 Å². The number of carbonyl (C=O) groups excluding carboxylic acids is 1. The molecule has 1 saturated heterocycles. The van der Waals surface area contributed by atoms with Gasteiger partial charge in [0.05, 0.1) is 0 Å². The molecule has 3 nitrogen and oxygen atoms in total. The lowest BCUT2D eigenvalue weighted by atomic mass is 9.95. The molecule has 0 bridgehead atoms. The first kappa shape index (κ1) is 17.3. The Kier molecular flexibility index (Phi) is 4.35. The normalized spacial score (nSPS) is 29.0. The molecule has 1 heterocycles. The number of amides is 1. The van der Waals surface area contributed by atoms with Gasteiger partial charge in [-0.25, -0.2) is 0 Å². The second-order valence-corrected chi connectivity index (χ2v) is 7.80. The van der Waals surface area contributed by atoms with Crippen LogP contribution >= 0.6 is 12.4 Å². The third-order valence-electron chi connectivity index (χ3n) is 6.17. The summed E-state index contributed by atoms with van der Waals surface area (Å²) in [6.07, 6.45) is 0. The molecular weight excluding hydrogens is 296 g/mol. The number of nitrogens with zero attached hydrogens (tertiary/aromatic N) is 1. The number of carbonyl (C=O) groups is 1. The second-order valence-electron chi connectivity index (χ2n) is 7.80. The summed E-state index contributed by atoms with van der Waals surface area (Å²) in [7, 11) is 0. The van der Waals surface area contributed by atoms with Crippen molar-refractivity contribution in [2.24, 2.45) is 22.5 Å². The van der Waals surface area contributed by atoms with Crippen LogP contribution in [0.1, 0.15) is 39.2 Å². The highest BCUT2D eigenvalue weighted by Gasteiger charge is 2.69. The summed E-state index contributed by atoms with van der Waals surface area (Å²) in [4.78, 5) is 14.8. The summed E-state index contributed by atoms with van der Waals surface area (Å²) in [6.45, 7) is 10.2. The molecule has 1 aliphatic carbocycles. The average Bonchev–Trinajstić information content (AvgIpc) is 2.74. The highest BCUT2D eigenvalue weighted by Crippen LogP contribution is 2.68. The topological polar surface area (TPSA) is 46.3 Å². The van der Waals surface area contributed by atoms with Crippen LogP contribution < -0.4 is 5.73 Å². The Labute approximate surface area is 139 Å². The van der Waals surface area contributed by atoms with E-state index in [2.05, 4.69) is 39.8 Å². The molecule has 1 saturated carbocycles. The Balaban J connectivity index is 0.00000176. The first-order valence-corrected chi connectivity index (χ1v) is 7.86. The third kappa shape index (κ3) is 2.44. The predicted octanol–water partition coefficient (Wildman–Crippen LogP) is 3.04. The molecule has 4 heteroatoms. The Morgan fingerprint density at radius 1 is 1.09 bits per heavy atom. The summed E-state index contributed by atoms with van der Waals surface area (Å²) in [5, 5.41) is 0. The molecule has 0 aromatic heterocycles. The van der Waals surface area contributed by atoms with Gasteiger partial charge < -0.3 is 10.6 Å². The molecule has 1 aromatic rings. The van der Waals surface area contributed by atoms with Crippen molar-refractivity contribution in [2.45, 2.75) is 39.7 Å². The lowest BCUT2D eigenvalue weighted by Gasteiger charge is -2.17. The van der Waals surface area contributed by atoms with E-state index >= 15 is 0 Å². The molecule has 1 aromatic carbocycles. The molecular formula is C18H27ClN2O. The van der Waals surface area contributed by atoms with Crippen molar-refractivity contribution in [3.05, 3.63) is 35.9 Å². The maximum absolute atomic E-state index is 12.8. The maximum atomic E-state index is 12.8. The summed E-state index contributed by atoms with van der Waals surface area (Å²) in [5.74, 6) is 0.686. The lowest BCUT2D eigenvalue weighted by molar-refractivity contribution is -0.132. The van der Waals surface area contributed by atoms with E-state index in [4.69, 9.17) is 5.73 Å². The first-order valence-electron chi connectivity index (χ1n) is 7.86. The van der Waals surface area contributed by atoms with Crippen LogP contribution in [-0.2, 0) is 4.79 Å². The highest BCUT2D eigenvalue weighted by atomic mass is 35.5. The van der Waals surface area contributed by atoms with Gasteiger partial charge in [-0.3, -0.25) is 4.79 Å².